The minimum absolute atomic E-state index is 0.269. The summed E-state index contributed by atoms with van der Waals surface area (Å²) in [5.41, 5.74) is 0. The molecule has 0 fully saturated rings. The van der Waals surface area contributed by atoms with Gasteiger partial charge in [-0.05, 0) is 0 Å². The van der Waals surface area contributed by atoms with E-state index >= 15 is 0 Å². The third-order valence-electron chi connectivity index (χ3n) is 1.39. The average molecular weight is 292 g/mol. The summed E-state index contributed by atoms with van der Waals surface area (Å²) in [5, 5.41) is 2.68. The van der Waals surface area contributed by atoms with Crippen molar-refractivity contribution in [1.29, 1.82) is 0 Å². The fourth-order valence-electron chi connectivity index (χ4n) is 0.815. The molecule has 0 aliphatic carbocycles. The molecule has 0 saturated heterocycles. The van der Waals surface area contributed by atoms with Gasteiger partial charge in [0.1, 0.15) is 0 Å². The molecule has 0 spiro atoms. The first-order valence-corrected chi connectivity index (χ1v) is 7.46. The Morgan fingerprint density at radius 3 is 2.57 bits per heavy atom. The molecule has 1 rings (SSSR count). The van der Waals surface area contributed by atoms with Gasteiger partial charge in [0, 0.05) is 0 Å². The van der Waals surface area contributed by atoms with Crippen molar-refractivity contribution in [2.24, 2.45) is 0 Å². The van der Waals surface area contributed by atoms with Gasteiger partial charge in [-0.2, -0.15) is 0 Å². The van der Waals surface area contributed by atoms with Crippen LogP contribution in [-0.2, 0) is 0 Å². The summed E-state index contributed by atoms with van der Waals surface area (Å²) in [6.07, 6.45) is 0. The number of benzene rings is 1. The summed E-state index contributed by atoms with van der Waals surface area (Å²) in [6.45, 7) is 4.34. The van der Waals surface area contributed by atoms with Crippen LogP contribution in [0.4, 0.5) is 0 Å². The second-order valence-electron chi connectivity index (χ2n) is 3.02. The van der Waals surface area contributed by atoms with Crippen LogP contribution >= 0.6 is 23.4 Å². The van der Waals surface area contributed by atoms with Crippen LogP contribution in [0.3, 0.4) is 0 Å². The SMILES string of the molecule is CC(C)S/C=C(\Cl)[Se]c1ccccc1. The van der Waals surface area contributed by atoms with Crippen LogP contribution < -0.4 is 4.46 Å². The molecule has 0 unspecified atom stereocenters. The zero-order valence-corrected chi connectivity index (χ0v) is 11.5. The van der Waals surface area contributed by atoms with Crippen LogP contribution in [0.1, 0.15) is 13.8 Å². The first-order valence-electron chi connectivity index (χ1n) is 4.42. The average Bonchev–Trinajstić information content (AvgIpc) is 2.16. The van der Waals surface area contributed by atoms with E-state index in [0.29, 0.717) is 5.25 Å². The summed E-state index contributed by atoms with van der Waals surface area (Å²) in [6, 6.07) is 10.4. The van der Waals surface area contributed by atoms with E-state index in [4.69, 9.17) is 11.6 Å². The van der Waals surface area contributed by atoms with E-state index in [1.807, 2.05) is 6.07 Å². The normalized spacial score (nSPS) is 12.1. The van der Waals surface area contributed by atoms with Gasteiger partial charge in [0.05, 0.1) is 0 Å². The summed E-state index contributed by atoms with van der Waals surface area (Å²) in [7, 11) is 0. The molecule has 0 saturated carbocycles. The van der Waals surface area contributed by atoms with Crippen molar-refractivity contribution in [2.45, 2.75) is 19.1 Å². The molecule has 0 aromatic heterocycles. The van der Waals surface area contributed by atoms with Gasteiger partial charge in [-0.15, -0.1) is 0 Å². The van der Waals surface area contributed by atoms with Crippen molar-refractivity contribution in [2.75, 3.05) is 0 Å². The molecule has 0 nitrogen and oxygen atoms in total. The molecule has 0 N–H and O–H groups in total. The Morgan fingerprint density at radius 1 is 1.36 bits per heavy atom. The molecule has 0 aliphatic rings. The van der Waals surface area contributed by atoms with E-state index in [1.165, 1.54) is 4.46 Å². The molecule has 1 aromatic carbocycles. The van der Waals surface area contributed by atoms with E-state index in [9.17, 15) is 0 Å². The Balaban J connectivity index is 2.49. The predicted molar refractivity (Wildman–Crippen MR) is 68.5 cm³/mol. The van der Waals surface area contributed by atoms with Gasteiger partial charge in [-0.25, -0.2) is 0 Å². The van der Waals surface area contributed by atoms with Gasteiger partial charge in [0.15, 0.2) is 0 Å². The van der Waals surface area contributed by atoms with E-state index in [1.54, 1.807) is 11.8 Å². The quantitative estimate of drug-likeness (QED) is 0.768. The number of rotatable bonds is 4. The van der Waals surface area contributed by atoms with E-state index in [-0.39, 0.29) is 15.0 Å². The zero-order chi connectivity index (χ0) is 10.4. The first kappa shape index (κ1) is 12.2. The molecule has 0 heterocycles. The van der Waals surface area contributed by atoms with Crippen molar-refractivity contribution >= 4 is 42.8 Å². The fraction of sp³-hybridized carbons (Fsp3) is 0.273. The van der Waals surface area contributed by atoms with E-state index < -0.39 is 0 Å². The van der Waals surface area contributed by atoms with Gasteiger partial charge in [-0.3, -0.25) is 0 Å². The molecule has 3 heteroatoms. The van der Waals surface area contributed by atoms with E-state index in [0.717, 1.165) is 3.93 Å². The van der Waals surface area contributed by atoms with Gasteiger partial charge in [0.2, 0.25) is 0 Å². The molecule has 0 amide bonds. The van der Waals surface area contributed by atoms with Crippen molar-refractivity contribution in [3.63, 3.8) is 0 Å². The van der Waals surface area contributed by atoms with Gasteiger partial charge >= 0.3 is 102 Å². The molecule has 1 aromatic rings. The van der Waals surface area contributed by atoms with Gasteiger partial charge in [-0.1, -0.05) is 0 Å². The zero-order valence-electron chi connectivity index (χ0n) is 8.24. The Morgan fingerprint density at radius 2 is 2.00 bits per heavy atom. The van der Waals surface area contributed by atoms with Crippen molar-refractivity contribution in [1.82, 2.24) is 0 Å². The van der Waals surface area contributed by atoms with Crippen LogP contribution in [0.15, 0.2) is 39.7 Å². The number of thioether (sulfide) groups is 1. The minimum atomic E-state index is 0.269. The standard InChI is InChI=1S/C11H13ClSSe/c1-9(2)13-8-11(12)14-10-6-4-3-5-7-10/h3-9H,1-2H3/b11-8+. The third kappa shape index (κ3) is 5.11. The van der Waals surface area contributed by atoms with Crippen LogP contribution in [0.25, 0.3) is 0 Å². The predicted octanol–water partition coefficient (Wildman–Crippen LogP) is 3.20. The fourth-order valence-corrected chi connectivity index (χ4v) is 3.60. The molecule has 0 atom stereocenters. The van der Waals surface area contributed by atoms with Crippen LogP contribution in [0.5, 0.6) is 0 Å². The Bertz CT molecular complexity index is 295. The van der Waals surface area contributed by atoms with Crippen LogP contribution in [0.2, 0.25) is 0 Å². The number of hydrogen-bond acceptors (Lipinski definition) is 1. The monoisotopic (exact) mass is 292 g/mol. The number of halogens is 1. The molecular weight excluding hydrogens is 279 g/mol. The van der Waals surface area contributed by atoms with Crippen LogP contribution in [-0.4, -0.2) is 20.2 Å². The topological polar surface area (TPSA) is 0 Å². The molecular formula is C11H13ClSSe. The van der Waals surface area contributed by atoms with Gasteiger partial charge < -0.3 is 0 Å². The summed E-state index contributed by atoms with van der Waals surface area (Å²) in [4.78, 5) is 0. The number of hydrogen-bond donors (Lipinski definition) is 0. The maximum absolute atomic E-state index is 6.13. The second kappa shape index (κ2) is 6.58. The molecule has 76 valence electrons. The second-order valence-corrected chi connectivity index (χ2v) is 7.73. The molecule has 0 aliphatic heterocycles. The summed E-state index contributed by atoms with van der Waals surface area (Å²) in [5.74, 6) is 0. The van der Waals surface area contributed by atoms with Crippen molar-refractivity contribution in [3.05, 3.63) is 39.7 Å². The molecule has 0 radical (unpaired) electrons. The first-order chi connectivity index (χ1) is 6.68. The Labute approximate surface area is 101 Å². The van der Waals surface area contributed by atoms with Crippen molar-refractivity contribution in [3.8, 4) is 0 Å². The van der Waals surface area contributed by atoms with Gasteiger partial charge in [0.25, 0.3) is 0 Å². The summed E-state index contributed by atoms with van der Waals surface area (Å²) < 4.78 is 2.30. The van der Waals surface area contributed by atoms with Crippen LogP contribution in [0, 0.1) is 0 Å². The maximum atomic E-state index is 6.13. The van der Waals surface area contributed by atoms with Crippen molar-refractivity contribution < 1.29 is 0 Å². The molecule has 0 bridgehead atoms. The Kier molecular flexibility index (Phi) is 5.73. The Hall–Kier alpha value is 0.119. The van der Waals surface area contributed by atoms with E-state index in [2.05, 4.69) is 43.5 Å². The molecule has 14 heavy (non-hydrogen) atoms. The summed E-state index contributed by atoms with van der Waals surface area (Å²) >= 11 is 8.18. The third-order valence-corrected chi connectivity index (χ3v) is 5.01.